The van der Waals surface area contributed by atoms with Gasteiger partial charge < -0.3 is 10.6 Å². The Morgan fingerprint density at radius 1 is 1.25 bits per heavy atom. The summed E-state index contributed by atoms with van der Waals surface area (Å²) >= 11 is 1.09. The Bertz CT molecular complexity index is 693. The lowest BCUT2D eigenvalue weighted by atomic mass is 10.0. The normalized spacial score (nSPS) is 23.8. The lowest BCUT2D eigenvalue weighted by Gasteiger charge is -2.28. The first-order valence-corrected chi connectivity index (χ1v) is 10.8. The number of hydrogen-bond acceptors (Lipinski definition) is 5. The Kier molecular flexibility index (Phi) is 5.29. The molecule has 6 nitrogen and oxygen atoms in total. The van der Waals surface area contributed by atoms with Gasteiger partial charge in [-0.3, -0.25) is 4.79 Å². The van der Waals surface area contributed by atoms with Crippen molar-refractivity contribution in [2.75, 3.05) is 32.7 Å². The minimum atomic E-state index is -3.48. The molecule has 3 heterocycles. The number of amides is 1. The maximum Gasteiger partial charge on any atom is 0.263 e. The number of likely N-dealkylation sites (tertiary alicyclic amines) is 1. The van der Waals surface area contributed by atoms with Crippen LogP contribution in [0.2, 0.25) is 0 Å². The number of hydrogen-bond donors (Lipinski definition) is 1. The molecule has 0 aliphatic carbocycles. The number of carbonyl (C=O) groups excluding carboxylic acids is 1. The van der Waals surface area contributed by atoms with E-state index >= 15 is 0 Å². The van der Waals surface area contributed by atoms with Crippen molar-refractivity contribution in [3.8, 4) is 0 Å². The summed E-state index contributed by atoms with van der Waals surface area (Å²) in [6.45, 7) is 5.23. The predicted molar refractivity (Wildman–Crippen MR) is 94.5 cm³/mol. The van der Waals surface area contributed by atoms with Crippen molar-refractivity contribution in [3.63, 3.8) is 0 Å². The Morgan fingerprint density at radius 3 is 2.58 bits per heavy atom. The number of rotatable bonds is 4. The molecule has 0 radical (unpaired) electrons. The van der Waals surface area contributed by atoms with Crippen LogP contribution in [0.25, 0.3) is 0 Å². The van der Waals surface area contributed by atoms with Crippen LogP contribution < -0.4 is 5.73 Å². The van der Waals surface area contributed by atoms with Gasteiger partial charge in [-0.25, -0.2) is 8.42 Å². The van der Waals surface area contributed by atoms with Gasteiger partial charge in [-0.2, -0.15) is 4.31 Å². The smallest absolute Gasteiger partial charge is 0.263 e. The molecule has 1 aromatic rings. The zero-order valence-corrected chi connectivity index (χ0v) is 15.6. The molecule has 3 rings (SSSR count). The van der Waals surface area contributed by atoms with Gasteiger partial charge in [0, 0.05) is 26.2 Å². The van der Waals surface area contributed by atoms with Crippen LogP contribution in [0.15, 0.2) is 16.3 Å². The second kappa shape index (κ2) is 7.11. The third kappa shape index (κ3) is 3.51. The van der Waals surface area contributed by atoms with E-state index in [1.165, 1.54) is 0 Å². The topological polar surface area (TPSA) is 83.7 Å². The SMILES string of the molecule is CC1CCN(S(=O)(=O)c2ccc(C(=O)N3CCC(CN)C3)s2)CC1. The number of carbonyl (C=O) groups is 1. The molecular formula is C16H25N3O3S2. The molecule has 0 bridgehead atoms. The number of piperidine rings is 1. The average Bonchev–Trinajstić information content (AvgIpc) is 3.24. The quantitative estimate of drug-likeness (QED) is 0.871. The minimum absolute atomic E-state index is 0.0790. The predicted octanol–water partition coefficient (Wildman–Crippen LogP) is 1.59. The molecule has 1 atom stereocenters. The number of thiophene rings is 1. The van der Waals surface area contributed by atoms with Gasteiger partial charge in [0.1, 0.15) is 4.21 Å². The molecule has 2 N–H and O–H groups in total. The van der Waals surface area contributed by atoms with Gasteiger partial charge in [-0.15, -0.1) is 11.3 Å². The van der Waals surface area contributed by atoms with E-state index < -0.39 is 10.0 Å². The lowest BCUT2D eigenvalue weighted by Crippen LogP contribution is -2.37. The standard InChI is InChI=1S/C16H25N3O3S2/c1-12-4-8-19(9-5-12)24(21,22)15-3-2-14(23-15)16(20)18-7-6-13(10-17)11-18/h2-3,12-13H,4-11,17H2,1H3. The third-order valence-electron chi connectivity index (χ3n) is 5.04. The lowest BCUT2D eigenvalue weighted by molar-refractivity contribution is 0.0792. The second-order valence-corrected chi connectivity index (χ2v) is 10.1. The van der Waals surface area contributed by atoms with Crippen molar-refractivity contribution in [1.29, 1.82) is 0 Å². The van der Waals surface area contributed by atoms with Crippen LogP contribution in [-0.4, -0.2) is 56.3 Å². The molecule has 8 heteroatoms. The molecule has 0 aromatic carbocycles. The molecule has 2 aliphatic heterocycles. The summed E-state index contributed by atoms with van der Waals surface area (Å²) in [6, 6.07) is 3.21. The zero-order valence-electron chi connectivity index (χ0n) is 14.0. The molecule has 0 spiro atoms. The summed E-state index contributed by atoms with van der Waals surface area (Å²) in [5.41, 5.74) is 5.67. The molecule has 1 amide bonds. The van der Waals surface area contributed by atoms with Gasteiger partial charge >= 0.3 is 0 Å². The van der Waals surface area contributed by atoms with Crippen molar-refractivity contribution in [1.82, 2.24) is 9.21 Å². The zero-order chi connectivity index (χ0) is 17.3. The number of nitrogens with two attached hydrogens (primary N) is 1. The van der Waals surface area contributed by atoms with Gasteiger partial charge in [0.25, 0.3) is 15.9 Å². The van der Waals surface area contributed by atoms with Crippen LogP contribution >= 0.6 is 11.3 Å². The summed E-state index contributed by atoms with van der Waals surface area (Å²) < 4.78 is 27.3. The molecule has 2 saturated heterocycles. The van der Waals surface area contributed by atoms with Crippen LogP contribution in [-0.2, 0) is 10.0 Å². The van der Waals surface area contributed by atoms with E-state index in [-0.39, 0.29) is 10.1 Å². The maximum absolute atomic E-state index is 12.7. The van der Waals surface area contributed by atoms with Gasteiger partial charge in [0.05, 0.1) is 4.88 Å². The van der Waals surface area contributed by atoms with E-state index in [9.17, 15) is 13.2 Å². The summed E-state index contributed by atoms with van der Waals surface area (Å²) in [6.07, 6.45) is 2.71. The fourth-order valence-corrected chi connectivity index (χ4v) is 6.19. The summed E-state index contributed by atoms with van der Waals surface area (Å²) in [5, 5.41) is 0. The van der Waals surface area contributed by atoms with Crippen molar-refractivity contribution >= 4 is 27.3 Å². The van der Waals surface area contributed by atoms with Crippen molar-refractivity contribution in [3.05, 3.63) is 17.0 Å². The molecule has 0 saturated carbocycles. The molecule has 1 unspecified atom stereocenters. The van der Waals surface area contributed by atoms with E-state index in [1.54, 1.807) is 21.3 Å². The first kappa shape index (κ1) is 17.8. The fourth-order valence-electron chi connectivity index (χ4n) is 3.29. The van der Waals surface area contributed by atoms with E-state index in [1.807, 2.05) is 0 Å². The van der Waals surface area contributed by atoms with Crippen LogP contribution in [0, 0.1) is 11.8 Å². The fraction of sp³-hybridized carbons (Fsp3) is 0.688. The van der Waals surface area contributed by atoms with Crippen molar-refractivity contribution in [2.24, 2.45) is 17.6 Å². The highest BCUT2D eigenvalue weighted by atomic mass is 32.2. The molecule has 1 aromatic heterocycles. The molecule has 134 valence electrons. The van der Waals surface area contributed by atoms with Gasteiger partial charge in [0.15, 0.2) is 0 Å². The van der Waals surface area contributed by atoms with Crippen molar-refractivity contribution < 1.29 is 13.2 Å². The second-order valence-electron chi connectivity index (χ2n) is 6.85. The molecule has 24 heavy (non-hydrogen) atoms. The Morgan fingerprint density at radius 2 is 1.96 bits per heavy atom. The average molecular weight is 372 g/mol. The first-order chi connectivity index (χ1) is 11.4. The van der Waals surface area contributed by atoms with E-state index in [4.69, 9.17) is 5.73 Å². The Labute approximate surface area is 147 Å². The highest BCUT2D eigenvalue weighted by Crippen LogP contribution is 2.29. The van der Waals surface area contributed by atoms with E-state index in [0.29, 0.717) is 49.4 Å². The summed E-state index contributed by atoms with van der Waals surface area (Å²) in [5.74, 6) is 0.847. The summed E-state index contributed by atoms with van der Waals surface area (Å²) in [4.78, 5) is 14.8. The molecular weight excluding hydrogens is 346 g/mol. The minimum Gasteiger partial charge on any atom is -0.338 e. The van der Waals surface area contributed by atoms with Crippen molar-refractivity contribution in [2.45, 2.75) is 30.4 Å². The van der Waals surface area contributed by atoms with Gasteiger partial charge in [-0.1, -0.05) is 6.92 Å². The Hall–Kier alpha value is -0.960. The largest absolute Gasteiger partial charge is 0.338 e. The van der Waals surface area contributed by atoms with Crippen LogP contribution in [0.1, 0.15) is 35.9 Å². The van der Waals surface area contributed by atoms with E-state index in [0.717, 1.165) is 30.6 Å². The van der Waals surface area contributed by atoms with Crippen LogP contribution in [0.4, 0.5) is 0 Å². The highest BCUT2D eigenvalue weighted by molar-refractivity contribution is 7.91. The van der Waals surface area contributed by atoms with Gasteiger partial charge in [-0.05, 0) is 49.8 Å². The number of sulfonamides is 1. The van der Waals surface area contributed by atoms with Gasteiger partial charge in [0.2, 0.25) is 0 Å². The molecule has 2 aliphatic rings. The van der Waals surface area contributed by atoms with E-state index in [2.05, 4.69) is 6.92 Å². The summed E-state index contributed by atoms with van der Waals surface area (Å²) in [7, 11) is -3.48. The maximum atomic E-state index is 12.7. The van der Waals surface area contributed by atoms with Crippen LogP contribution in [0.5, 0.6) is 0 Å². The number of nitrogens with zero attached hydrogens (tertiary/aromatic N) is 2. The van der Waals surface area contributed by atoms with Crippen LogP contribution in [0.3, 0.4) is 0 Å². The Balaban J connectivity index is 1.72. The first-order valence-electron chi connectivity index (χ1n) is 8.51. The monoisotopic (exact) mass is 371 g/mol. The highest BCUT2D eigenvalue weighted by Gasteiger charge is 2.31. The third-order valence-corrected chi connectivity index (χ3v) is 8.47. The molecule has 2 fully saturated rings.